The molecular weight excluding hydrogens is 236 g/mol. The molecule has 0 fully saturated rings. The number of hydrogen-bond acceptors (Lipinski definition) is 4. The van der Waals surface area contributed by atoms with Crippen LogP contribution in [0.1, 0.15) is 54.4 Å². The van der Waals surface area contributed by atoms with E-state index < -0.39 is 23.6 Å². The first-order valence-electron chi connectivity index (χ1n) is 6.29. The van der Waals surface area contributed by atoms with E-state index in [9.17, 15) is 14.7 Å². The van der Waals surface area contributed by atoms with Crippen LogP contribution in [0, 0.1) is 11.8 Å². The Hall–Kier alpha value is -1.10. The van der Waals surface area contributed by atoms with Crippen LogP contribution in [-0.2, 0) is 14.3 Å². The minimum absolute atomic E-state index is 0.191. The highest BCUT2D eigenvalue weighted by atomic mass is 16.7. The Bertz CT molecular complexity index is 253. The summed E-state index contributed by atoms with van der Waals surface area (Å²) in [6.07, 6.45) is 0.202. The molecule has 0 aliphatic heterocycles. The molecule has 18 heavy (non-hydrogen) atoms. The van der Waals surface area contributed by atoms with Crippen LogP contribution in [0.3, 0.4) is 0 Å². The summed E-state index contributed by atoms with van der Waals surface area (Å²) < 4.78 is 4.65. The van der Waals surface area contributed by atoms with Crippen LogP contribution in [0.5, 0.6) is 0 Å². The SMILES string of the molecule is CC.CC(C)CC(CC(=O)OC(C)(C)O)C(=O)O. The second-order valence-corrected chi connectivity index (χ2v) is 4.79. The lowest BCUT2D eigenvalue weighted by atomic mass is 9.94. The van der Waals surface area contributed by atoms with Crippen LogP contribution in [0.4, 0.5) is 0 Å². The number of ether oxygens (including phenoxy) is 1. The van der Waals surface area contributed by atoms with E-state index in [1.165, 1.54) is 13.8 Å². The van der Waals surface area contributed by atoms with Gasteiger partial charge in [-0.3, -0.25) is 9.59 Å². The average molecular weight is 262 g/mol. The molecule has 0 bridgehead atoms. The molecule has 0 heterocycles. The number of rotatable bonds is 6. The molecule has 2 N–H and O–H groups in total. The predicted molar refractivity (Wildman–Crippen MR) is 68.9 cm³/mol. The third kappa shape index (κ3) is 11.4. The highest BCUT2D eigenvalue weighted by molar-refractivity contribution is 5.78. The minimum Gasteiger partial charge on any atom is -0.481 e. The predicted octanol–water partition coefficient (Wildman–Crippen LogP) is 2.42. The van der Waals surface area contributed by atoms with E-state index in [1.807, 2.05) is 27.7 Å². The summed E-state index contributed by atoms with van der Waals surface area (Å²) in [5, 5.41) is 18.1. The van der Waals surface area contributed by atoms with Gasteiger partial charge in [-0.1, -0.05) is 27.7 Å². The second-order valence-electron chi connectivity index (χ2n) is 4.79. The lowest BCUT2D eigenvalue weighted by molar-refractivity contribution is -0.196. The van der Waals surface area contributed by atoms with Crippen molar-refractivity contribution in [2.24, 2.45) is 11.8 Å². The molecule has 108 valence electrons. The summed E-state index contributed by atoms with van der Waals surface area (Å²) in [4.78, 5) is 22.2. The third-order valence-electron chi connectivity index (χ3n) is 1.88. The molecule has 1 unspecified atom stereocenters. The molecule has 0 aromatic carbocycles. The van der Waals surface area contributed by atoms with Crippen molar-refractivity contribution in [3.8, 4) is 0 Å². The first-order chi connectivity index (χ1) is 8.11. The number of carbonyl (C=O) groups excluding carboxylic acids is 1. The fourth-order valence-corrected chi connectivity index (χ4v) is 1.36. The molecule has 0 aliphatic rings. The van der Waals surface area contributed by atoms with Gasteiger partial charge in [-0.05, 0) is 12.3 Å². The fourth-order valence-electron chi connectivity index (χ4n) is 1.36. The first kappa shape index (κ1) is 19.2. The van der Waals surface area contributed by atoms with Crippen molar-refractivity contribution in [3.63, 3.8) is 0 Å². The lowest BCUT2D eigenvalue weighted by Gasteiger charge is -2.20. The number of aliphatic hydroxyl groups is 1. The largest absolute Gasteiger partial charge is 0.481 e. The zero-order valence-corrected chi connectivity index (χ0v) is 12.2. The van der Waals surface area contributed by atoms with Gasteiger partial charge in [0.2, 0.25) is 5.79 Å². The molecule has 0 aliphatic carbocycles. The van der Waals surface area contributed by atoms with Crippen LogP contribution >= 0.6 is 0 Å². The number of hydrogen-bond donors (Lipinski definition) is 2. The van der Waals surface area contributed by atoms with E-state index in [1.54, 1.807) is 0 Å². The molecule has 5 nitrogen and oxygen atoms in total. The Morgan fingerprint density at radius 3 is 1.94 bits per heavy atom. The Balaban J connectivity index is 0. The lowest BCUT2D eigenvalue weighted by Crippen LogP contribution is -2.30. The van der Waals surface area contributed by atoms with Gasteiger partial charge in [0.25, 0.3) is 0 Å². The van der Waals surface area contributed by atoms with E-state index in [4.69, 9.17) is 5.11 Å². The van der Waals surface area contributed by atoms with E-state index in [0.717, 1.165) is 0 Å². The van der Waals surface area contributed by atoms with Crippen molar-refractivity contribution in [3.05, 3.63) is 0 Å². The number of carbonyl (C=O) groups is 2. The zero-order valence-electron chi connectivity index (χ0n) is 12.2. The van der Waals surface area contributed by atoms with Gasteiger partial charge >= 0.3 is 11.9 Å². The van der Waals surface area contributed by atoms with Crippen LogP contribution < -0.4 is 0 Å². The highest BCUT2D eigenvalue weighted by Gasteiger charge is 2.26. The molecule has 0 saturated carbocycles. The minimum atomic E-state index is -1.56. The van der Waals surface area contributed by atoms with Crippen LogP contribution in [0.25, 0.3) is 0 Å². The summed E-state index contributed by atoms with van der Waals surface area (Å²) >= 11 is 0. The van der Waals surface area contributed by atoms with E-state index >= 15 is 0 Å². The van der Waals surface area contributed by atoms with Crippen molar-refractivity contribution in [1.29, 1.82) is 0 Å². The Kier molecular flexibility index (Phi) is 9.53. The van der Waals surface area contributed by atoms with Gasteiger partial charge in [-0.2, -0.15) is 0 Å². The topological polar surface area (TPSA) is 83.8 Å². The normalized spacial score (nSPS) is 12.4. The van der Waals surface area contributed by atoms with Gasteiger partial charge < -0.3 is 14.9 Å². The molecular formula is C13H26O5. The molecule has 1 atom stereocenters. The van der Waals surface area contributed by atoms with Crippen molar-refractivity contribution >= 4 is 11.9 Å². The maximum absolute atomic E-state index is 11.3. The Morgan fingerprint density at radius 1 is 1.22 bits per heavy atom. The fraction of sp³-hybridized carbons (Fsp3) is 0.846. The maximum atomic E-state index is 11.3. The van der Waals surface area contributed by atoms with Crippen LogP contribution in [0.2, 0.25) is 0 Å². The van der Waals surface area contributed by atoms with E-state index in [0.29, 0.717) is 6.42 Å². The molecule has 5 heteroatoms. The number of carboxylic acids is 1. The van der Waals surface area contributed by atoms with Crippen molar-refractivity contribution in [2.75, 3.05) is 0 Å². The first-order valence-corrected chi connectivity index (χ1v) is 6.29. The smallest absolute Gasteiger partial charge is 0.309 e. The van der Waals surface area contributed by atoms with Crippen molar-refractivity contribution in [1.82, 2.24) is 0 Å². The molecule has 0 aromatic heterocycles. The number of esters is 1. The molecule has 0 amide bonds. The molecule has 0 rings (SSSR count). The average Bonchev–Trinajstić information content (AvgIpc) is 2.16. The van der Waals surface area contributed by atoms with Gasteiger partial charge in [0, 0.05) is 13.8 Å². The summed E-state index contributed by atoms with van der Waals surface area (Å²) in [5.74, 6) is -3.83. The zero-order chi connectivity index (χ0) is 14.9. The van der Waals surface area contributed by atoms with E-state index in [-0.39, 0.29) is 12.3 Å². The molecule has 0 saturated heterocycles. The summed E-state index contributed by atoms with van der Waals surface area (Å²) in [5.41, 5.74) is 0. The number of carboxylic acid groups (broad SMARTS) is 1. The van der Waals surface area contributed by atoms with Gasteiger partial charge in [0.15, 0.2) is 0 Å². The van der Waals surface area contributed by atoms with Crippen molar-refractivity contribution in [2.45, 2.75) is 60.2 Å². The number of aliphatic carboxylic acids is 1. The monoisotopic (exact) mass is 262 g/mol. The van der Waals surface area contributed by atoms with E-state index in [2.05, 4.69) is 4.74 Å². The van der Waals surface area contributed by atoms with Crippen LogP contribution in [-0.4, -0.2) is 27.9 Å². The molecule has 0 spiro atoms. The van der Waals surface area contributed by atoms with Gasteiger partial charge in [0.1, 0.15) is 0 Å². The van der Waals surface area contributed by atoms with Crippen molar-refractivity contribution < 1.29 is 24.5 Å². The summed E-state index contributed by atoms with van der Waals surface area (Å²) in [7, 11) is 0. The molecule has 0 radical (unpaired) electrons. The maximum Gasteiger partial charge on any atom is 0.309 e. The van der Waals surface area contributed by atoms with Crippen LogP contribution in [0.15, 0.2) is 0 Å². The standard InChI is InChI=1S/C11H20O5.C2H6/c1-7(2)5-8(10(13)14)6-9(12)16-11(3,4)15;1-2/h7-8,15H,5-6H2,1-4H3,(H,13,14);1-2H3. The quantitative estimate of drug-likeness (QED) is 0.567. The highest BCUT2D eigenvalue weighted by Crippen LogP contribution is 2.18. The summed E-state index contributed by atoms with van der Waals surface area (Å²) in [6.45, 7) is 10.4. The van der Waals surface area contributed by atoms with Gasteiger partial charge in [-0.15, -0.1) is 0 Å². The van der Waals surface area contributed by atoms with Gasteiger partial charge in [-0.25, -0.2) is 0 Å². The summed E-state index contributed by atoms with van der Waals surface area (Å²) in [6, 6.07) is 0. The third-order valence-corrected chi connectivity index (χ3v) is 1.88. The second kappa shape index (κ2) is 8.91. The Labute approximate surface area is 109 Å². The van der Waals surface area contributed by atoms with Gasteiger partial charge in [0.05, 0.1) is 12.3 Å². The molecule has 0 aromatic rings. The Morgan fingerprint density at radius 2 is 1.67 bits per heavy atom.